The zero-order valence-corrected chi connectivity index (χ0v) is 13.3. The maximum Gasteiger partial charge on any atom is 0.257 e. The van der Waals surface area contributed by atoms with Gasteiger partial charge in [-0.05, 0) is 31.2 Å². The number of carbonyl (C=O) groups excluding carboxylic acids is 1. The predicted octanol–water partition coefficient (Wildman–Crippen LogP) is 3.57. The van der Waals surface area contributed by atoms with Crippen molar-refractivity contribution in [2.45, 2.75) is 19.3 Å². The minimum Gasteiger partial charge on any atom is -0.334 e. The van der Waals surface area contributed by atoms with E-state index in [0.29, 0.717) is 24.7 Å². The lowest BCUT2D eigenvalue weighted by atomic mass is 10.1. The Morgan fingerprint density at radius 2 is 1.96 bits per heavy atom. The number of aryl methyl sites for hydroxylation is 1. The van der Waals surface area contributed by atoms with Gasteiger partial charge in [-0.2, -0.15) is 4.98 Å². The average molecular weight is 319 g/mol. The summed E-state index contributed by atoms with van der Waals surface area (Å²) < 4.78 is 5.40. The van der Waals surface area contributed by atoms with E-state index in [1.807, 2.05) is 61.5 Å². The largest absolute Gasteiger partial charge is 0.334 e. The van der Waals surface area contributed by atoms with Crippen molar-refractivity contribution in [3.05, 3.63) is 66.0 Å². The second-order valence-electron chi connectivity index (χ2n) is 6.07. The Hall–Kier alpha value is -2.95. The summed E-state index contributed by atoms with van der Waals surface area (Å²) in [4.78, 5) is 18.6. The second-order valence-corrected chi connectivity index (χ2v) is 6.07. The van der Waals surface area contributed by atoms with Crippen LogP contribution < -0.4 is 4.90 Å². The molecular weight excluding hydrogens is 302 g/mol. The van der Waals surface area contributed by atoms with Crippen molar-refractivity contribution >= 4 is 11.6 Å². The van der Waals surface area contributed by atoms with Crippen molar-refractivity contribution in [3.8, 4) is 11.5 Å². The van der Waals surface area contributed by atoms with E-state index in [9.17, 15) is 4.79 Å². The molecule has 24 heavy (non-hydrogen) atoms. The van der Waals surface area contributed by atoms with Gasteiger partial charge < -0.3 is 9.42 Å². The molecule has 1 aliphatic heterocycles. The van der Waals surface area contributed by atoms with Crippen LogP contribution in [-0.2, 0) is 4.79 Å². The van der Waals surface area contributed by atoms with Crippen LogP contribution in [0.1, 0.15) is 23.7 Å². The number of nitrogens with zero attached hydrogens (tertiary/aromatic N) is 3. The number of aromatic nitrogens is 2. The normalized spacial score (nSPS) is 17.5. The number of amides is 1. The van der Waals surface area contributed by atoms with Crippen LogP contribution in [0.4, 0.5) is 5.69 Å². The number of rotatable bonds is 3. The van der Waals surface area contributed by atoms with E-state index >= 15 is 0 Å². The molecule has 0 bridgehead atoms. The summed E-state index contributed by atoms with van der Waals surface area (Å²) >= 11 is 0. The monoisotopic (exact) mass is 319 g/mol. The molecule has 1 atom stereocenters. The molecule has 3 aromatic rings. The molecule has 5 nitrogen and oxygen atoms in total. The molecular formula is C19H17N3O2. The van der Waals surface area contributed by atoms with E-state index in [1.54, 1.807) is 4.90 Å². The summed E-state index contributed by atoms with van der Waals surface area (Å²) in [6, 6.07) is 17.6. The molecule has 4 rings (SSSR count). The molecule has 0 aliphatic carbocycles. The third kappa shape index (κ3) is 2.69. The first-order chi connectivity index (χ1) is 11.7. The van der Waals surface area contributed by atoms with Crippen LogP contribution in [0, 0.1) is 6.92 Å². The van der Waals surface area contributed by atoms with Gasteiger partial charge in [-0.3, -0.25) is 4.79 Å². The van der Waals surface area contributed by atoms with Crippen LogP contribution in [0.15, 0.2) is 59.1 Å². The van der Waals surface area contributed by atoms with E-state index in [1.165, 1.54) is 0 Å². The number of benzene rings is 2. The minimum atomic E-state index is -0.0417. The van der Waals surface area contributed by atoms with Gasteiger partial charge in [0.05, 0.1) is 0 Å². The van der Waals surface area contributed by atoms with Crippen LogP contribution >= 0.6 is 0 Å². The lowest BCUT2D eigenvalue weighted by Crippen LogP contribution is -2.24. The maximum absolute atomic E-state index is 12.3. The molecule has 1 aliphatic rings. The summed E-state index contributed by atoms with van der Waals surface area (Å²) in [6.45, 7) is 2.60. The fraction of sp³-hybridized carbons (Fsp3) is 0.211. The van der Waals surface area contributed by atoms with Crippen LogP contribution in [0.5, 0.6) is 0 Å². The first-order valence-corrected chi connectivity index (χ1v) is 7.97. The van der Waals surface area contributed by atoms with Crippen molar-refractivity contribution in [2.24, 2.45) is 0 Å². The predicted molar refractivity (Wildman–Crippen MR) is 90.6 cm³/mol. The first-order valence-electron chi connectivity index (χ1n) is 7.97. The summed E-state index contributed by atoms with van der Waals surface area (Å²) in [6.07, 6.45) is 0.404. The number of anilines is 1. The Morgan fingerprint density at radius 3 is 2.75 bits per heavy atom. The molecule has 1 fully saturated rings. The molecule has 1 unspecified atom stereocenters. The van der Waals surface area contributed by atoms with E-state index in [0.717, 1.165) is 16.8 Å². The van der Waals surface area contributed by atoms with Crippen molar-refractivity contribution in [1.82, 2.24) is 10.1 Å². The van der Waals surface area contributed by atoms with Gasteiger partial charge in [0.2, 0.25) is 5.91 Å². The molecule has 120 valence electrons. The zero-order valence-electron chi connectivity index (χ0n) is 13.3. The number of hydrogen-bond acceptors (Lipinski definition) is 4. The van der Waals surface area contributed by atoms with Gasteiger partial charge in [-0.25, -0.2) is 0 Å². The zero-order chi connectivity index (χ0) is 16.5. The summed E-state index contributed by atoms with van der Waals surface area (Å²) in [5.74, 6) is 1.14. The van der Waals surface area contributed by atoms with Gasteiger partial charge in [-0.15, -0.1) is 0 Å². The molecule has 2 aromatic carbocycles. The molecule has 1 aromatic heterocycles. The fourth-order valence-electron chi connectivity index (χ4n) is 3.03. The Labute approximate surface area is 139 Å². The third-order valence-corrected chi connectivity index (χ3v) is 4.26. The van der Waals surface area contributed by atoms with Crippen LogP contribution in [0.3, 0.4) is 0 Å². The molecule has 0 radical (unpaired) electrons. The van der Waals surface area contributed by atoms with Crippen molar-refractivity contribution < 1.29 is 9.32 Å². The van der Waals surface area contributed by atoms with Gasteiger partial charge in [0.1, 0.15) is 0 Å². The molecule has 0 saturated carbocycles. The molecule has 0 spiro atoms. The standard InChI is InChI=1S/C19H17N3O2/c1-13-6-5-7-14(10-13)19-20-18(21-24-19)15-11-17(23)22(12-15)16-8-3-2-4-9-16/h2-10,15H,11-12H2,1H3. The van der Waals surface area contributed by atoms with E-state index in [4.69, 9.17) is 4.52 Å². The van der Waals surface area contributed by atoms with Gasteiger partial charge >= 0.3 is 0 Å². The molecule has 0 N–H and O–H groups in total. The lowest BCUT2D eigenvalue weighted by Gasteiger charge is -2.15. The number of hydrogen-bond donors (Lipinski definition) is 0. The fourth-order valence-corrected chi connectivity index (χ4v) is 3.03. The molecule has 1 amide bonds. The summed E-state index contributed by atoms with van der Waals surface area (Å²) in [5, 5.41) is 4.10. The van der Waals surface area contributed by atoms with Crippen LogP contribution in [-0.4, -0.2) is 22.6 Å². The highest BCUT2D eigenvalue weighted by atomic mass is 16.5. The average Bonchev–Trinajstić information content (AvgIpc) is 3.22. The topological polar surface area (TPSA) is 59.2 Å². The SMILES string of the molecule is Cc1cccc(-c2nc(C3CC(=O)N(c4ccccc4)C3)no2)c1. The van der Waals surface area contributed by atoms with E-state index in [-0.39, 0.29) is 11.8 Å². The Balaban J connectivity index is 1.57. The summed E-state index contributed by atoms with van der Waals surface area (Å²) in [5.41, 5.74) is 2.95. The van der Waals surface area contributed by atoms with Gasteiger partial charge in [0.25, 0.3) is 5.89 Å². The third-order valence-electron chi connectivity index (χ3n) is 4.26. The van der Waals surface area contributed by atoms with Gasteiger partial charge in [-0.1, -0.05) is 41.1 Å². The van der Waals surface area contributed by atoms with Gasteiger partial charge in [0, 0.05) is 30.1 Å². The Bertz CT molecular complexity index is 873. The second kappa shape index (κ2) is 5.92. The highest BCUT2D eigenvalue weighted by Crippen LogP contribution is 2.31. The van der Waals surface area contributed by atoms with Crippen molar-refractivity contribution in [3.63, 3.8) is 0 Å². The van der Waals surface area contributed by atoms with E-state index < -0.39 is 0 Å². The Kier molecular flexibility index (Phi) is 3.61. The summed E-state index contributed by atoms with van der Waals surface area (Å²) in [7, 11) is 0. The molecule has 2 heterocycles. The highest BCUT2D eigenvalue weighted by molar-refractivity contribution is 5.96. The molecule has 1 saturated heterocycles. The lowest BCUT2D eigenvalue weighted by molar-refractivity contribution is -0.117. The highest BCUT2D eigenvalue weighted by Gasteiger charge is 2.34. The maximum atomic E-state index is 12.3. The van der Waals surface area contributed by atoms with Crippen molar-refractivity contribution in [1.29, 1.82) is 0 Å². The number of para-hydroxylation sites is 1. The number of carbonyl (C=O) groups is 1. The quantitative estimate of drug-likeness (QED) is 0.740. The van der Waals surface area contributed by atoms with Gasteiger partial charge in [0.15, 0.2) is 5.82 Å². The minimum absolute atomic E-state index is 0.0417. The smallest absolute Gasteiger partial charge is 0.257 e. The first kappa shape index (κ1) is 14.6. The van der Waals surface area contributed by atoms with Crippen molar-refractivity contribution in [2.75, 3.05) is 11.4 Å². The Morgan fingerprint density at radius 1 is 1.12 bits per heavy atom. The van der Waals surface area contributed by atoms with Crippen LogP contribution in [0.2, 0.25) is 0 Å². The molecule has 5 heteroatoms. The van der Waals surface area contributed by atoms with Crippen LogP contribution in [0.25, 0.3) is 11.5 Å². The van der Waals surface area contributed by atoms with E-state index in [2.05, 4.69) is 10.1 Å².